The van der Waals surface area contributed by atoms with Gasteiger partial charge >= 0.3 is 0 Å². The Kier molecular flexibility index (Phi) is 6.33. The minimum atomic E-state index is -0.284. The zero-order valence-electron chi connectivity index (χ0n) is 15.3. The highest BCUT2D eigenvalue weighted by atomic mass is 32.2. The first-order valence-corrected chi connectivity index (χ1v) is 10.0. The molecule has 0 atom stereocenters. The second-order valence-corrected chi connectivity index (χ2v) is 7.56. The molecule has 9 heteroatoms. The quantitative estimate of drug-likeness (QED) is 0.409. The summed E-state index contributed by atoms with van der Waals surface area (Å²) in [6.07, 6.45) is 5.10. The lowest BCUT2D eigenvalue weighted by molar-refractivity contribution is -0.131. The number of anilines is 1. The van der Waals surface area contributed by atoms with Crippen molar-refractivity contribution in [3.8, 4) is 11.4 Å². The Balaban J connectivity index is 1.51. The molecule has 0 radical (unpaired) electrons. The number of nitrogens with zero attached hydrogens (tertiary/aromatic N) is 3. The summed E-state index contributed by atoms with van der Waals surface area (Å²) in [5, 5.41) is 8.90. The number of aromatic nitrogens is 3. The van der Waals surface area contributed by atoms with Crippen LogP contribution in [0, 0.1) is 5.92 Å². The van der Waals surface area contributed by atoms with Crippen LogP contribution in [0.15, 0.2) is 29.4 Å². The van der Waals surface area contributed by atoms with Crippen molar-refractivity contribution in [2.45, 2.75) is 37.3 Å². The predicted molar refractivity (Wildman–Crippen MR) is 104 cm³/mol. The van der Waals surface area contributed by atoms with Gasteiger partial charge in [-0.3, -0.25) is 20.4 Å². The van der Waals surface area contributed by atoms with Gasteiger partial charge in [0.2, 0.25) is 11.8 Å². The smallest absolute Gasteiger partial charge is 0.248 e. The van der Waals surface area contributed by atoms with Crippen molar-refractivity contribution >= 4 is 29.3 Å². The average Bonchev–Trinajstić information content (AvgIpc) is 3.06. The number of amides is 2. The van der Waals surface area contributed by atoms with Gasteiger partial charge in [-0.25, -0.2) is 0 Å². The number of hydrazine groups is 1. The molecule has 1 fully saturated rings. The number of nitrogens with two attached hydrogens (primary N) is 1. The van der Waals surface area contributed by atoms with E-state index in [9.17, 15) is 9.59 Å². The molecule has 2 aromatic rings. The van der Waals surface area contributed by atoms with E-state index in [-0.39, 0.29) is 23.5 Å². The summed E-state index contributed by atoms with van der Waals surface area (Å²) in [4.78, 5) is 24.1. The molecule has 0 spiro atoms. The molecule has 1 aliphatic carbocycles. The molecule has 0 aliphatic heterocycles. The molecular weight excluding hydrogens is 364 g/mol. The van der Waals surface area contributed by atoms with Crippen molar-refractivity contribution in [1.29, 1.82) is 0 Å². The lowest BCUT2D eigenvalue weighted by Gasteiger charge is -2.20. The lowest BCUT2D eigenvalue weighted by Crippen LogP contribution is -2.45. The minimum Gasteiger partial charge on any atom is -0.398 e. The van der Waals surface area contributed by atoms with Gasteiger partial charge in [-0.15, -0.1) is 10.2 Å². The standard InChI is InChI=1S/C18H24N6O2S/c1-24-16(13-9-5-6-10-14(13)19)21-23-18(24)27-11-15(25)20-22-17(26)12-7-3-2-4-8-12/h5-6,9-10,12H,2-4,7-8,11,19H2,1H3,(H,20,25)(H,22,26). The number of nitrogens with one attached hydrogen (secondary N) is 2. The third kappa shape index (κ3) is 4.79. The number of para-hydroxylation sites is 1. The number of hydrogen-bond acceptors (Lipinski definition) is 6. The fraction of sp³-hybridized carbons (Fsp3) is 0.444. The highest BCUT2D eigenvalue weighted by Crippen LogP contribution is 2.26. The van der Waals surface area contributed by atoms with E-state index in [1.165, 1.54) is 18.2 Å². The molecule has 1 aromatic carbocycles. The van der Waals surface area contributed by atoms with Gasteiger partial charge in [-0.05, 0) is 25.0 Å². The van der Waals surface area contributed by atoms with Crippen molar-refractivity contribution in [3.63, 3.8) is 0 Å². The van der Waals surface area contributed by atoms with E-state index in [0.717, 1.165) is 31.2 Å². The Morgan fingerprint density at radius 2 is 1.93 bits per heavy atom. The molecule has 1 aliphatic rings. The van der Waals surface area contributed by atoms with E-state index < -0.39 is 0 Å². The van der Waals surface area contributed by atoms with Gasteiger partial charge in [0.05, 0.1) is 5.75 Å². The van der Waals surface area contributed by atoms with Gasteiger partial charge in [0.1, 0.15) is 0 Å². The Bertz CT molecular complexity index is 816. The largest absolute Gasteiger partial charge is 0.398 e. The highest BCUT2D eigenvalue weighted by molar-refractivity contribution is 7.99. The molecule has 1 saturated carbocycles. The molecule has 2 amide bonds. The van der Waals surface area contributed by atoms with Gasteiger partial charge in [0, 0.05) is 24.2 Å². The molecule has 0 bridgehead atoms. The van der Waals surface area contributed by atoms with Gasteiger partial charge in [0.25, 0.3) is 0 Å². The summed E-state index contributed by atoms with van der Waals surface area (Å²) in [5.41, 5.74) is 12.4. The maximum atomic E-state index is 12.1. The van der Waals surface area contributed by atoms with E-state index in [1.807, 2.05) is 25.2 Å². The molecule has 4 N–H and O–H groups in total. The predicted octanol–water partition coefficient (Wildman–Crippen LogP) is 1.88. The Morgan fingerprint density at radius 1 is 1.19 bits per heavy atom. The highest BCUT2D eigenvalue weighted by Gasteiger charge is 2.21. The third-order valence-electron chi connectivity index (χ3n) is 4.67. The zero-order valence-corrected chi connectivity index (χ0v) is 16.1. The summed E-state index contributed by atoms with van der Waals surface area (Å²) in [7, 11) is 1.83. The molecule has 0 saturated heterocycles. The molecule has 0 unspecified atom stereocenters. The van der Waals surface area contributed by atoms with Gasteiger partial charge < -0.3 is 10.3 Å². The van der Waals surface area contributed by atoms with Crippen molar-refractivity contribution in [1.82, 2.24) is 25.6 Å². The van der Waals surface area contributed by atoms with Crippen LogP contribution in [0.1, 0.15) is 32.1 Å². The summed E-state index contributed by atoms with van der Waals surface area (Å²) >= 11 is 1.25. The second kappa shape index (κ2) is 8.90. The summed E-state index contributed by atoms with van der Waals surface area (Å²) < 4.78 is 1.80. The van der Waals surface area contributed by atoms with Crippen molar-refractivity contribution in [2.24, 2.45) is 13.0 Å². The topological polar surface area (TPSA) is 115 Å². The summed E-state index contributed by atoms with van der Waals surface area (Å²) in [5.74, 6) is 0.383. The van der Waals surface area contributed by atoms with Crippen LogP contribution in [0.2, 0.25) is 0 Å². The van der Waals surface area contributed by atoms with Crippen LogP contribution >= 0.6 is 11.8 Å². The number of carbonyl (C=O) groups is 2. The first-order chi connectivity index (χ1) is 13.1. The van der Waals surface area contributed by atoms with Crippen LogP contribution in [-0.4, -0.2) is 32.3 Å². The molecule has 3 rings (SSSR count). The average molecular weight is 388 g/mol. The molecule has 1 aromatic heterocycles. The maximum absolute atomic E-state index is 12.1. The van der Waals surface area contributed by atoms with Crippen molar-refractivity contribution in [2.75, 3.05) is 11.5 Å². The Hall–Kier alpha value is -2.55. The number of carbonyl (C=O) groups excluding carboxylic acids is 2. The summed E-state index contributed by atoms with van der Waals surface area (Å²) in [6.45, 7) is 0. The molecule has 1 heterocycles. The van der Waals surface area contributed by atoms with Crippen LogP contribution < -0.4 is 16.6 Å². The molecular formula is C18H24N6O2S. The van der Waals surface area contributed by atoms with E-state index in [4.69, 9.17) is 5.73 Å². The zero-order chi connectivity index (χ0) is 19.2. The third-order valence-corrected chi connectivity index (χ3v) is 5.69. The van der Waals surface area contributed by atoms with Gasteiger partial charge in [0.15, 0.2) is 11.0 Å². The fourth-order valence-corrected chi connectivity index (χ4v) is 3.85. The second-order valence-electron chi connectivity index (χ2n) is 6.61. The first-order valence-electron chi connectivity index (χ1n) is 9.02. The first kappa shape index (κ1) is 19.2. The lowest BCUT2D eigenvalue weighted by atomic mass is 9.89. The van der Waals surface area contributed by atoms with E-state index in [2.05, 4.69) is 21.0 Å². The number of thioether (sulfide) groups is 1. The Morgan fingerprint density at radius 3 is 2.67 bits per heavy atom. The summed E-state index contributed by atoms with van der Waals surface area (Å²) in [6, 6.07) is 7.42. The number of nitrogen functional groups attached to an aromatic ring is 1. The van der Waals surface area contributed by atoms with Crippen molar-refractivity contribution < 1.29 is 9.59 Å². The van der Waals surface area contributed by atoms with E-state index >= 15 is 0 Å². The van der Waals surface area contributed by atoms with Crippen LogP contribution in [0.4, 0.5) is 5.69 Å². The molecule has 27 heavy (non-hydrogen) atoms. The van der Waals surface area contributed by atoms with Gasteiger partial charge in [-0.1, -0.05) is 43.2 Å². The normalized spacial score (nSPS) is 14.7. The van der Waals surface area contributed by atoms with E-state index in [0.29, 0.717) is 16.7 Å². The fourth-order valence-electron chi connectivity index (χ4n) is 3.14. The van der Waals surface area contributed by atoms with Crippen LogP contribution in [0.25, 0.3) is 11.4 Å². The maximum Gasteiger partial charge on any atom is 0.248 e. The van der Waals surface area contributed by atoms with Crippen molar-refractivity contribution in [3.05, 3.63) is 24.3 Å². The number of benzene rings is 1. The van der Waals surface area contributed by atoms with Crippen LogP contribution in [0.5, 0.6) is 0 Å². The number of hydrogen-bond donors (Lipinski definition) is 3. The molecule has 144 valence electrons. The van der Waals surface area contributed by atoms with E-state index in [1.54, 1.807) is 10.6 Å². The van der Waals surface area contributed by atoms with Crippen LogP contribution in [-0.2, 0) is 16.6 Å². The minimum absolute atomic E-state index is 0.00401. The number of rotatable bonds is 5. The SMILES string of the molecule is Cn1c(SCC(=O)NNC(=O)C2CCCCC2)nnc1-c1ccccc1N. The monoisotopic (exact) mass is 388 g/mol. The Labute approximate surface area is 162 Å². The van der Waals surface area contributed by atoms with Gasteiger partial charge in [-0.2, -0.15) is 0 Å². The molecule has 8 nitrogen and oxygen atoms in total. The van der Waals surface area contributed by atoms with Crippen LogP contribution in [0.3, 0.4) is 0 Å².